The number of nitrogens with two attached hydrogens (primary N) is 2. The molecule has 45 heavy (non-hydrogen) atoms. The molecule has 0 spiro atoms. The number of rotatable bonds is 14. The van der Waals surface area contributed by atoms with Crippen LogP contribution < -0.4 is 11.5 Å². The van der Waals surface area contributed by atoms with E-state index in [1.165, 1.54) is 12.1 Å². The number of carboxylic acids is 1. The minimum atomic E-state index is -3.48. The van der Waals surface area contributed by atoms with Gasteiger partial charge in [-0.15, -0.1) is 0 Å². The van der Waals surface area contributed by atoms with Crippen molar-refractivity contribution in [2.75, 3.05) is 12.5 Å². The van der Waals surface area contributed by atoms with E-state index in [0.29, 0.717) is 42.4 Å². The van der Waals surface area contributed by atoms with E-state index in [4.69, 9.17) is 11.5 Å². The number of aryl methyl sites for hydroxylation is 2. The fourth-order valence-corrected chi connectivity index (χ4v) is 6.41. The first-order valence-corrected chi connectivity index (χ1v) is 18.7. The fourth-order valence-electron chi connectivity index (χ4n) is 4.51. The Balaban J connectivity index is 0.000000454. The number of allylic oxidation sites excluding steroid dienone is 4. The van der Waals surface area contributed by atoms with Crippen LogP contribution in [0.5, 0.6) is 0 Å². The van der Waals surface area contributed by atoms with Crippen molar-refractivity contribution in [3.05, 3.63) is 82.0 Å². The Kier molecular flexibility index (Phi) is 15.9. The number of hydrogen-bond acceptors (Lipinski definition) is 6. The summed E-state index contributed by atoms with van der Waals surface area (Å²) in [7, 11) is -6.94. The average molecular weight is 662 g/mol. The summed E-state index contributed by atoms with van der Waals surface area (Å²) in [5.41, 5.74) is 13.5. The van der Waals surface area contributed by atoms with Crippen LogP contribution in [0.15, 0.2) is 63.4 Å². The molecule has 0 heterocycles. The summed E-state index contributed by atoms with van der Waals surface area (Å²) >= 11 is 0. The van der Waals surface area contributed by atoms with E-state index in [-0.39, 0.29) is 26.9 Å². The van der Waals surface area contributed by atoms with Crippen molar-refractivity contribution in [2.24, 2.45) is 16.5 Å². The van der Waals surface area contributed by atoms with Crippen LogP contribution in [-0.2, 0) is 45.4 Å². The van der Waals surface area contributed by atoms with E-state index in [0.717, 1.165) is 43.8 Å². The Morgan fingerprint density at radius 2 is 1.09 bits per heavy atom. The number of hydrogen-bond donors (Lipinski definition) is 3. The van der Waals surface area contributed by atoms with Gasteiger partial charge in [-0.05, 0) is 72.9 Å². The lowest BCUT2D eigenvalue weighted by molar-refractivity contribution is 0.0695. The lowest BCUT2D eigenvalue weighted by Crippen LogP contribution is -2.24. The molecule has 248 valence electrons. The number of carbonyl (C=O) groups is 2. The Morgan fingerprint density at radius 1 is 0.689 bits per heavy atom. The number of carbonyl (C=O) groups excluding carboxylic acids is 1. The first kappa shape index (κ1) is 39.3. The summed E-state index contributed by atoms with van der Waals surface area (Å²) in [6.07, 6.45) is 16.2. The van der Waals surface area contributed by atoms with Gasteiger partial charge in [-0.1, -0.05) is 77.0 Å². The second kappa shape index (κ2) is 18.3. The van der Waals surface area contributed by atoms with Gasteiger partial charge < -0.3 is 16.6 Å². The van der Waals surface area contributed by atoms with Crippen LogP contribution in [-0.4, -0.2) is 52.3 Å². The molecule has 0 radical (unpaired) electrons. The van der Waals surface area contributed by atoms with Crippen LogP contribution in [0.1, 0.15) is 96.3 Å². The van der Waals surface area contributed by atoms with E-state index in [1.54, 1.807) is 12.1 Å². The molecule has 0 unspecified atom stereocenters. The van der Waals surface area contributed by atoms with E-state index < -0.39 is 31.6 Å². The lowest BCUT2D eigenvalue weighted by atomic mass is 9.99. The van der Waals surface area contributed by atoms with Gasteiger partial charge in [-0.2, -0.15) is 4.99 Å². The highest BCUT2D eigenvalue weighted by atomic mass is 32.2. The Labute approximate surface area is 268 Å². The van der Waals surface area contributed by atoms with Crippen molar-refractivity contribution < 1.29 is 31.5 Å². The van der Waals surface area contributed by atoms with Crippen LogP contribution in [0.2, 0.25) is 0 Å². The van der Waals surface area contributed by atoms with Gasteiger partial charge >= 0.3 is 5.97 Å². The van der Waals surface area contributed by atoms with E-state index >= 15 is 0 Å². The summed E-state index contributed by atoms with van der Waals surface area (Å²) in [5.74, 6) is -2.08. The minimum Gasteiger partial charge on any atom is -0.478 e. The SMILES string of the molecule is CCCC=CCc1cc(CC)c(C(=O)N=C(N)N)cc1S(C)(=O)=O.CCCC=CCc1cc(CC)c(C(=O)O)cc1S(C)(=O)=O. The van der Waals surface area contributed by atoms with E-state index in [1.807, 2.05) is 38.2 Å². The first-order valence-electron chi connectivity index (χ1n) is 14.9. The number of sulfone groups is 2. The van der Waals surface area contributed by atoms with Gasteiger partial charge in [0.1, 0.15) is 0 Å². The van der Waals surface area contributed by atoms with Crippen molar-refractivity contribution in [1.29, 1.82) is 0 Å². The lowest BCUT2D eigenvalue weighted by Gasteiger charge is -2.12. The van der Waals surface area contributed by atoms with Gasteiger partial charge in [0, 0.05) is 18.1 Å². The van der Waals surface area contributed by atoms with Crippen LogP contribution in [0.3, 0.4) is 0 Å². The maximum Gasteiger partial charge on any atom is 0.336 e. The summed E-state index contributed by atoms with van der Waals surface area (Å²) < 4.78 is 48.0. The van der Waals surface area contributed by atoms with Gasteiger partial charge in [-0.3, -0.25) is 4.79 Å². The number of carboxylic acid groups (broad SMARTS) is 1. The molecule has 0 bridgehead atoms. The molecule has 10 nitrogen and oxygen atoms in total. The summed E-state index contributed by atoms with van der Waals surface area (Å²) in [6.45, 7) is 7.89. The maximum absolute atomic E-state index is 12.2. The summed E-state index contributed by atoms with van der Waals surface area (Å²) in [5, 5.41) is 9.22. The molecule has 1 amide bonds. The molecule has 5 N–H and O–H groups in total. The highest BCUT2D eigenvalue weighted by Gasteiger charge is 2.20. The molecule has 0 atom stereocenters. The minimum absolute atomic E-state index is 0.0687. The van der Waals surface area contributed by atoms with Crippen LogP contribution in [0.25, 0.3) is 0 Å². The molecule has 0 aliphatic carbocycles. The molecule has 0 saturated carbocycles. The number of unbranched alkanes of at least 4 members (excludes halogenated alkanes) is 2. The van der Waals surface area contributed by atoms with Crippen LogP contribution >= 0.6 is 0 Å². The van der Waals surface area contributed by atoms with Crippen molar-refractivity contribution in [3.8, 4) is 0 Å². The number of benzene rings is 2. The van der Waals surface area contributed by atoms with Gasteiger partial charge in [-0.25, -0.2) is 21.6 Å². The molecule has 0 fully saturated rings. The Morgan fingerprint density at radius 3 is 1.42 bits per heavy atom. The largest absolute Gasteiger partial charge is 0.478 e. The topological polar surface area (TPSA) is 187 Å². The van der Waals surface area contributed by atoms with Crippen molar-refractivity contribution in [3.63, 3.8) is 0 Å². The zero-order valence-corrected chi connectivity index (χ0v) is 28.7. The van der Waals surface area contributed by atoms with Gasteiger partial charge in [0.05, 0.1) is 15.4 Å². The number of amides is 1. The number of aliphatic imine (C=N–C) groups is 1. The molecular formula is C33H47N3O7S2. The molecule has 0 saturated heterocycles. The Bertz CT molecular complexity index is 1650. The molecule has 0 aliphatic heterocycles. The highest BCUT2D eigenvalue weighted by molar-refractivity contribution is 7.91. The third kappa shape index (κ3) is 12.6. The molecule has 0 aliphatic rings. The number of guanidine groups is 1. The standard InChI is InChI=1S/C17H25N3O3S.C16H22O4S/c1-4-6-7-8-9-13-10-12(5-2)14(16(21)20-17(18)19)11-15(13)24(3,22)23;1-4-6-7-8-9-13-10-12(5-2)14(16(17)18)11-15(13)21(3,19)20/h7-8,10-11H,4-6,9H2,1-3H3,(H4,18,19,20,21);7-8,10-11H,4-6,9H2,1-3H3,(H,17,18). The van der Waals surface area contributed by atoms with Gasteiger partial charge in [0.15, 0.2) is 25.6 Å². The monoisotopic (exact) mass is 661 g/mol. The molecule has 2 aromatic carbocycles. The van der Waals surface area contributed by atoms with Crippen LogP contribution in [0, 0.1) is 0 Å². The first-order chi connectivity index (χ1) is 21.0. The number of nitrogens with zero attached hydrogens (tertiary/aromatic N) is 1. The second-order valence-electron chi connectivity index (χ2n) is 10.6. The van der Waals surface area contributed by atoms with Gasteiger partial charge in [0.25, 0.3) is 5.91 Å². The highest BCUT2D eigenvalue weighted by Crippen LogP contribution is 2.25. The predicted octanol–water partition coefficient (Wildman–Crippen LogP) is 5.21. The van der Waals surface area contributed by atoms with E-state index in [2.05, 4.69) is 18.8 Å². The molecule has 12 heteroatoms. The van der Waals surface area contributed by atoms with Crippen molar-refractivity contribution in [2.45, 2.75) is 88.9 Å². The summed E-state index contributed by atoms with van der Waals surface area (Å²) in [4.78, 5) is 27.2. The zero-order valence-electron chi connectivity index (χ0n) is 27.1. The molecule has 2 rings (SSSR count). The van der Waals surface area contributed by atoms with Crippen molar-refractivity contribution >= 4 is 37.5 Å². The molecule has 0 aromatic heterocycles. The summed E-state index contributed by atoms with van der Waals surface area (Å²) in [6, 6.07) is 6.13. The quantitative estimate of drug-likeness (QED) is 0.139. The molecule has 2 aromatic rings. The maximum atomic E-state index is 12.2. The fraction of sp³-hybridized carbons (Fsp3) is 0.424. The third-order valence-electron chi connectivity index (χ3n) is 6.74. The molecular weight excluding hydrogens is 615 g/mol. The average Bonchev–Trinajstić information content (AvgIpc) is 2.95. The normalized spacial score (nSPS) is 11.8. The third-order valence-corrected chi connectivity index (χ3v) is 9.10. The van der Waals surface area contributed by atoms with Crippen LogP contribution in [0.4, 0.5) is 0 Å². The Hall–Kier alpha value is -3.77. The van der Waals surface area contributed by atoms with Crippen molar-refractivity contribution in [1.82, 2.24) is 0 Å². The smallest absolute Gasteiger partial charge is 0.336 e. The number of aromatic carboxylic acids is 1. The van der Waals surface area contributed by atoms with E-state index in [9.17, 15) is 31.5 Å². The predicted molar refractivity (Wildman–Crippen MR) is 180 cm³/mol. The van der Waals surface area contributed by atoms with Gasteiger partial charge in [0.2, 0.25) is 0 Å². The zero-order chi connectivity index (χ0) is 34.4. The second-order valence-corrected chi connectivity index (χ2v) is 14.5.